The molecule has 8 heteroatoms. The topological polar surface area (TPSA) is 74.8 Å². The highest BCUT2D eigenvalue weighted by Crippen LogP contribution is 2.30. The van der Waals surface area contributed by atoms with Crippen molar-refractivity contribution >= 4 is 34.7 Å². The minimum absolute atomic E-state index is 0.0746. The highest BCUT2D eigenvalue weighted by Gasteiger charge is 2.20. The third-order valence-corrected chi connectivity index (χ3v) is 6.59. The molecule has 160 valence electrons. The Labute approximate surface area is 195 Å². The van der Waals surface area contributed by atoms with Gasteiger partial charge in [-0.25, -0.2) is 0 Å². The second-order valence-corrected chi connectivity index (χ2v) is 8.92. The van der Waals surface area contributed by atoms with Gasteiger partial charge in [0.15, 0.2) is 11.0 Å². The van der Waals surface area contributed by atoms with Gasteiger partial charge in [0.2, 0.25) is 5.91 Å². The fourth-order valence-corrected chi connectivity index (χ4v) is 4.75. The lowest BCUT2D eigenvalue weighted by molar-refractivity contribution is -0.116. The van der Waals surface area contributed by atoms with Crippen LogP contribution in [0.25, 0.3) is 16.4 Å². The van der Waals surface area contributed by atoms with Crippen molar-refractivity contribution in [3.8, 4) is 22.5 Å². The number of hydrogen-bond donors (Lipinski definition) is 0. The zero-order valence-corrected chi connectivity index (χ0v) is 19.1. The van der Waals surface area contributed by atoms with Crippen LogP contribution in [0.2, 0.25) is 0 Å². The van der Waals surface area contributed by atoms with E-state index in [0.717, 1.165) is 27.6 Å². The zero-order valence-electron chi connectivity index (χ0n) is 17.5. The lowest BCUT2D eigenvalue weighted by atomic mass is 10.2. The summed E-state index contributed by atoms with van der Waals surface area (Å²) in [4.78, 5) is 15.8. The summed E-state index contributed by atoms with van der Waals surface area (Å²) in [5.41, 5.74) is 2.85. The molecule has 0 saturated heterocycles. The molecule has 0 radical (unpaired) electrons. The standard InChI is InChI=1S/C24H21N5OS2/c1-18-10-12-19(13-11-18)28(15-6-14-25)22(30)17-32-24-27-26-23(21-9-5-16-31-21)29(24)20-7-3-2-4-8-20/h2-5,7-13,16H,6,15,17H2,1H3. The number of aromatic nitrogens is 3. The van der Waals surface area contributed by atoms with Crippen LogP contribution in [-0.2, 0) is 4.79 Å². The molecule has 0 atom stereocenters. The second-order valence-electron chi connectivity index (χ2n) is 7.03. The number of thiophene rings is 1. The van der Waals surface area contributed by atoms with Gasteiger partial charge in [-0.1, -0.05) is 53.7 Å². The van der Waals surface area contributed by atoms with Gasteiger partial charge in [0, 0.05) is 17.9 Å². The maximum Gasteiger partial charge on any atom is 0.237 e. The zero-order chi connectivity index (χ0) is 22.3. The summed E-state index contributed by atoms with van der Waals surface area (Å²) >= 11 is 2.94. The number of nitriles is 1. The molecule has 2 aromatic carbocycles. The highest BCUT2D eigenvalue weighted by molar-refractivity contribution is 7.99. The first-order valence-corrected chi connectivity index (χ1v) is 12.0. The normalized spacial score (nSPS) is 10.6. The van der Waals surface area contributed by atoms with Gasteiger partial charge in [0.1, 0.15) is 0 Å². The Morgan fingerprint density at radius 2 is 1.88 bits per heavy atom. The van der Waals surface area contributed by atoms with Crippen LogP contribution < -0.4 is 4.90 Å². The number of benzene rings is 2. The lowest BCUT2D eigenvalue weighted by Crippen LogP contribution is -2.33. The fraction of sp³-hybridized carbons (Fsp3) is 0.167. The Morgan fingerprint density at radius 3 is 2.56 bits per heavy atom. The van der Waals surface area contributed by atoms with Crippen LogP contribution in [0.5, 0.6) is 0 Å². The molecule has 4 rings (SSSR count). The number of thioether (sulfide) groups is 1. The number of rotatable bonds is 8. The molecule has 6 nitrogen and oxygen atoms in total. The molecule has 0 N–H and O–H groups in total. The number of amides is 1. The van der Waals surface area contributed by atoms with Crippen molar-refractivity contribution in [2.75, 3.05) is 17.2 Å². The Kier molecular flexibility index (Phi) is 7.00. The number of anilines is 1. The van der Waals surface area contributed by atoms with Crippen LogP contribution in [0.15, 0.2) is 77.3 Å². The van der Waals surface area contributed by atoms with Crippen LogP contribution >= 0.6 is 23.1 Å². The molecule has 0 spiro atoms. The maximum atomic E-state index is 13.1. The van der Waals surface area contributed by atoms with Crippen molar-refractivity contribution in [2.24, 2.45) is 0 Å². The van der Waals surface area contributed by atoms with Gasteiger partial charge in [0.25, 0.3) is 0 Å². The molecule has 0 fully saturated rings. The van der Waals surface area contributed by atoms with Crippen molar-refractivity contribution < 1.29 is 4.79 Å². The molecule has 1 amide bonds. The molecule has 32 heavy (non-hydrogen) atoms. The summed E-state index contributed by atoms with van der Waals surface area (Å²) in [7, 11) is 0. The minimum atomic E-state index is -0.0746. The van der Waals surface area contributed by atoms with E-state index in [2.05, 4.69) is 16.3 Å². The molecule has 0 saturated carbocycles. The number of para-hydroxylation sites is 1. The van der Waals surface area contributed by atoms with Crippen molar-refractivity contribution in [1.82, 2.24) is 14.8 Å². The van der Waals surface area contributed by atoms with Crippen LogP contribution in [0.3, 0.4) is 0 Å². The van der Waals surface area contributed by atoms with E-state index in [1.54, 1.807) is 16.2 Å². The van der Waals surface area contributed by atoms with Crippen molar-refractivity contribution in [3.05, 3.63) is 77.7 Å². The number of hydrogen-bond acceptors (Lipinski definition) is 6. The number of nitrogens with zero attached hydrogens (tertiary/aromatic N) is 5. The Hall–Kier alpha value is -3.41. The summed E-state index contributed by atoms with van der Waals surface area (Å²) in [5, 5.41) is 20.5. The van der Waals surface area contributed by atoms with Gasteiger partial charge in [-0.05, 0) is 42.6 Å². The molecule has 0 aliphatic carbocycles. The van der Waals surface area contributed by atoms with E-state index < -0.39 is 0 Å². The largest absolute Gasteiger partial charge is 0.311 e. The smallest absolute Gasteiger partial charge is 0.237 e. The first-order chi connectivity index (χ1) is 15.7. The van der Waals surface area contributed by atoms with E-state index in [1.165, 1.54) is 11.8 Å². The second kappa shape index (κ2) is 10.3. The van der Waals surface area contributed by atoms with E-state index >= 15 is 0 Å². The molecular weight excluding hydrogens is 438 g/mol. The van der Waals surface area contributed by atoms with Crippen molar-refractivity contribution in [3.63, 3.8) is 0 Å². The van der Waals surface area contributed by atoms with Gasteiger partial charge >= 0.3 is 0 Å². The van der Waals surface area contributed by atoms with Gasteiger partial charge in [-0.3, -0.25) is 9.36 Å². The van der Waals surface area contributed by atoms with Crippen LogP contribution in [0, 0.1) is 18.3 Å². The first kappa shape index (κ1) is 21.8. The number of aryl methyl sites for hydroxylation is 1. The van der Waals surface area contributed by atoms with Gasteiger partial charge in [0.05, 0.1) is 23.1 Å². The molecule has 0 aliphatic heterocycles. The molecule has 2 aromatic heterocycles. The van der Waals surface area contributed by atoms with Crippen LogP contribution in [-0.4, -0.2) is 33.0 Å². The average Bonchev–Trinajstić information content (AvgIpc) is 3.49. The predicted octanol–water partition coefficient (Wildman–Crippen LogP) is 5.34. The van der Waals surface area contributed by atoms with Gasteiger partial charge in [-0.15, -0.1) is 21.5 Å². The van der Waals surface area contributed by atoms with E-state index in [1.807, 2.05) is 83.6 Å². The molecule has 4 aromatic rings. The van der Waals surface area contributed by atoms with Crippen LogP contribution in [0.4, 0.5) is 5.69 Å². The third-order valence-electron chi connectivity index (χ3n) is 4.81. The van der Waals surface area contributed by atoms with Crippen molar-refractivity contribution in [1.29, 1.82) is 5.26 Å². The number of carbonyl (C=O) groups excluding carboxylic acids is 1. The average molecular weight is 460 g/mol. The highest BCUT2D eigenvalue weighted by atomic mass is 32.2. The molecule has 0 bridgehead atoms. The summed E-state index contributed by atoms with van der Waals surface area (Å²) in [5.74, 6) is 0.866. The fourth-order valence-electron chi connectivity index (χ4n) is 3.23. The molecule has 0 aliphatic rings. The summed E-state index contributed by atoms with van der Waals surface area (Å²) < 4.78 is 1.98. The SMILES string of the molecule is Cc1ccc(N(CCC#N)C(=O)CSc2nnc(-c3cccs3)n2-c2ccccc2)cc1. The van der Waals surface area contributed by atoms with Gasteiger partial charge < -0.3 is 4.90 Å². The van der Waals surface area contributed by atoms with E-state index in [4.69, 9.17) is 5.26 Å². The minimum Gasteiger partial charge on any atom is -0.311 e. The van der Waals surface area contributed by atoms with Crippen molar-refractivity contribution in [2.45, 2.75) is 18.5 Å². The maximum absolute atomic E-state index is 13.1. The Bertz CT molecular complexity index is 1210. The number of carbonyl (C=O) groups is 1. The predicted molar refractivity (Wildman–Crippen MR) is 129 cm³/mol. The van der Waals surface area contributed by atoms with Gasteiger partial charge in [-0.2, -0.15) is 5.26 Å². The first-order valence-electron chi connectivity index (χ1n) is 10.1. The van der Waals surface area contributed by atoms with E-state index in [9.17, 15) is 4.79 Å². The quantitative estimate of drug-likeness (QED) is 0.332. The molecule has 0 unspecified atom stereocenters. The lowest BCUT2D eigenvalue weighted by Gasteiger charge is -2.22. The van der Waals surface area contributed by atoms with E-state index in [0.29, 0.717) is 11.7 Å². The monoisotopic (exact) mass is 459 g/mol. The molecular formula is C24H21N5OS2. The van der Waals surface area contributed by atoms with E-state index in [-0.39, 0.29) is 18.1 Å². The summed E-state index contributed by atoms with van der Waals surface area (Å²) in [6.07, 6.45) is 0.271. The Balaban J connectivity index is 1.59. The van der Waals surface area contributed by atoms with Crippen LogP contribution in [0.1, 0.15) is 12.0 Å². The summed E-state index contributed by atoms with van der Waals surface area (Å²) in [6, 6.07) is 23.8. The summed E-state index contributed by atoms with van der Waals surface area (Å²) in [6.45, 7) is 2.35. The Morgan fingerprint density at radius 1 is 1.09 bits per heavy atom. The third kappa shape index (κ3) is 4.90. The molecule has 2 heterocycles.